The van der Waals surface area contributed by atoms with E-state index in [0.29, 0.717) is 10.8 Å². The number of halogens is 1. The summed E-state index contributed by atoms with van der Waals surface area (Å²) in [5.41, 5.74) is 3.57. The first-order valence-corrected chi connectivity index (χ1v) is 9.39. The van der Waals surface area contributed by atoms with Crippen LogP contribution in [0.5, 0.6) is 5.75 Å². The number of carbonyl (C=O) groups is 2. The van der Waals surface area contributed by atoms with Gasteiger partial charge in [-0.2, -0.15) is 0 Å². The van der Waals surface area contributed by atoms with E-state index < -0.39 is 5.92 Å². The molecule has 3 nitrogen and oxygen atoms in total. The first-order valence-electron chi connectivity index (χ1n) is 9.01. The fourth-order valence-corrected chi connectivity index (χ4v) is 4.61. The van der Waals surface area contributed by atoms with Crippen molar-refractivity contribution in [2.24, 2.45) is 11.8 Å². The van der Waals surface area contributed by atoms with E-state index in [2.05, 4.69) is 0 Å². The molecule has 0 N–H and O–H groups in total. The van der Waals surface area contributed by atoms with Gasteiger partial charge in [-0.1, -0.05) is 23.7 Å². The average molecular weight is 369 g/mol. The van der Waals surface area contributed by atoms with Crippen molar-refractivity contribution in [2.75, 3.05) is 7.11 Å². The Morgan fingerprint density at radius 1 is 1.00 bits per heavy atom. The molecule has 2 saturated carbocycles. The maximum atomic E-state index is 12.9. The van der Waals surface area contributed by atoms with Crippen molar-refractivity contribution in [3.63, 3.8) is 0 Å². The lowest BCUT2D eigenvalue weighted by Gasteiger charge is -2.27. The van der Waals surface area contributed by atoms with Crippen molar-refractivity contribution in [3.05, 3.63) is 52.5 Å². The summed E-state index contributed by atoms with van der Waals surface area (Å²) in [5, 5.41) is 0.616. The summed E-state index contributed by atoms with van der Waals surface area (Å²) < 4.78 is 5.46. The van der Waals surface area contributed by atoms with Gasteiger partial charge in [0.05, 0.1) is 7.11 Å². The average Bonchev–Trinajstić information content (AvgIpc) is 3.09. The molecule has 0 amide bonds. The van der Waals surface area contributed by atoms with Gasteiger partial charge in [-0.3, -0.25) is 9.59 Å². The summed E-state index contributed by atoms with van der Waals surface area (Å²) in [4.78, 5) is 25.8. The van der Waals surface area contributed by atoms with Crippen molar-refractivity contribution in [1.82, 2.24) is 0 Å². The molecule has 0 aromatic heterocycles. The Balaban J connectivity index is 1.82. The molecule has 26 heavy (non-hydrogen) atoms. The summed E-state index contributed by atoms with van der Waals surface area (Å²) in [6.45, 7) is 1.96. The van der Waals surface area contributed by atoms with Crippen LogP contribution < -0.4 is 4.74 Å². The molecule has 2 aromatic carbocycles. The number of hydrogen-bond donors (Lipinski definition) is 0. The summed E-state index contributed by atoms with van der Waals surface area (Å²) in [5.74, 6) is 0.388. The van der Waals surface area contributed by atoms with Crippen LogP contribution >= 0.6 is 11.6 Å². The molecule has 0 spiro atoms. The molecule has 2 aliphatic carbocycles. The van der Waals surface area contributed by atoms with E-state index in [1.807, 2.05) is 37.3 Å². The highest BCUT2D eigenvalue weighted by Gasteiger charge is 2.47. The van der Waals surface area contributed by atoms with Gasteiger partial charge in [0, 0.05) is 22.4 Å². The number of fused-ring (bicyclic) bond motifs is 2. The number of ketones is 2. The van der Waals surface area contributed by atoms with Crippen LogP contribution in [0.4, 0.5) is 0 Å². The molecule has 2 bridgehead atoms. The van der Waals surface area contributed by atoms with Crippen LogP contribution in [0.1, 0.15) is 36.3 Å². The van der Waals surface area contributed by atoms with E-state index in [0.717, 1.165) is 41.5 Å². The monoisotopic (exact) mass is 368 g/mol. The highest BCUT2D eigenvalue weighted by molar-refractivity contribution is 6.31. The third-order valence-corrected chi connectivity index (χ3v) is 6.10. The second kappa shape index (κ2) is 6.55. The van der Waals surface area contributed by atoms with Crippen LogP contribution in [-0.4, -0.2) is 18.7 Å². The molecule has 2 unspecified atom stereocenters. The van der Waals surface area contributed by atoms with Gasteiger partial charge in [-0.25, -0.2) is 0 Å². The smallest absolute Gasteiger partial charge is 0.150 e. The fraction of sp³-hybridized carbons (Fsp3) is 0.364. The summed E-state index contributed by atoms with van der Waals surface area (Å²) in [7, 11) is 1.62. The minimum Gasteiger partial charge on any atom is -0.496 e. The van der Waals surface area contributed by atoms with Crippen molar-refractivity contribution in [2.45, 2.75) is 32.1 Å². The number of Topliss-reactive ketones (excluding diaryl/α,β-unsaturated/α-hetero) is 2. The standard InChI is InChI=1S/C22H21ClO3/c1-12-3-4-13(18-11-16(23)7-8-19(18)26-2)10-17(12)20-21(24)14-5-6-15(9-14)22(20)25/h3-4,7-8,10-11,14-15,20H,5-6,9H2,1-2H3. The van der Waals surface area contributed by atoms with E-state index >= 15 is 0 Å². The Hall–Kier alpha value is -2.13. The van der Waals surface area contributed by atoms with Gasteiger partial charge < -0.3 is 4.74 Å². The number of aryl methyl sites for hydroxylation is 1. The Labute approximate surface area is 158 Å². The molecule has 134 valence electrons. The highest BCUT2D eigenvalue weighted by atomic mass is 35.5. The maximum absolute atomic E-state index is 12.9. The normalized spacial score (nSPS) is 24.8. The van der Waals surface area contributed by atoms with E-state index in [1.165, 1.54) is 0 Å². The number of benzene rings is 2. The zero-order chi connectivity index (χ0) is 18.4. The van der Waals surface area contributed by atoms with E-state index in [1.54, 1.807) is 13.2 Å². The third-order valence-electron chi connectivity index (χ3n) is 5.87. The SMILES string of the molecule is COc1ccc(Cl)cc1-c1ccc(C)c(C2C(=O)C3CCC(C3)C2=O)c1. The van der Waals surface area contributed by atoms with Gasteiger partial charge in [-0.05, 0) is 67.1 Å². The summed E-state index contributed by atoms with van der Waals surface area (Å²) in [6.07, 6.45) is 2.45. The van der Waals surface area contributed by atoms with Crippen LogP contribution in [0.25, 0.3) is 11.1 Å². The molecule has 4 rings (SSSR count). The summed E-state index contributed by atoms with van der Waals surface area (Å²) in [6, 6.07) is 11.4. The molecular formula is C22H21ClO3. The van der Waals surface area contributed by atoms with Gasteiger partial charge in [0.1, 0.15) is 11.7 Å². The largest absolute Gasteiger partial charge is 0.496 e. The molecular weight excluding hydrogens is 348 g/mol. The first-order chi connectivity index (χ1) is 12.5. The van der Waals surface area contributed by atoms with Crippen molar-refractivity contribution < 1.29 is 14.3 Å². The lowest BCUT2D eigenvalue weighted by atomic mass is 9.74. The van der Waals surface area contributed by atoms with Gasteiger partial charge in [0.2, 0.25) is 0 Å². The molecule has 2 aliphatic rings. The molecule has 2 fully saturated rings. The molecule has 0 radical (unpaired) electrons. The minimum absolute atomic E-state index is 0.0476. The number of ether oxygens (including phenoxy) is 1. The van der Waals surface area contributed by atoms with Gasteiger partial charge in [-0.15, -0.1) is 0 Å². The lowest BCUT2D eigenvalue weighted by molar-refractivity contribution is -0.135. The number of rotatable bonds is 3. The van der Waals surface area contributed by atoms with Gasteiger partial charge >= 0.3 is 0 Å². The number of carbonyl (C=O) groups excluding carboxylic acids is 2. The number of hydrogen-bond acceptors (Lipinski definition) is 3. The molecule has 2 atom stereocenters. The Kier molecular flexibility index (Phi) is 4.36. The Morgan fingerprint density at radius 3 is 2.35 bits per heavy atom. The fourth-order valence-electron chi connectivity index (χ4n) is 4.44. The molecule has 0 aliphatic heterocycles. The van der Waals surface area contributed by atoms with Crippen LogP contribution in [0.3, 0.4) is 0 Å². The molecule has 0 saturated heterocycles. The number of methoxy groups -OCH3 is 1. The highest BCUT2D eigenvalue weighted by Crippen LogP contribution is 2.45. The van der Waals surface area contributed by atoms with Crippen LogP contribution in [-0.2, 0) is 9.59 Å². The zero-order valence-electron chi connectivity index (χ0n) is 14.9. The van der Waals surface area contributed by atoms with Crippen LogP contribution in [0, 0.1) is 18.8 Å². The van der Waals surface area contributed by atoms with E-state index in [4.69, 9.17) is 16.3 Å². The second-order valence-corrected chi connectivity index (χ2v) is 7.80. The lowest BCUT2D eigenvalue weighted by Crippen LogP contribution is -2.35. The first kappa shape index (κ1) is 17.3. The molecule has 4 heteroatoms. The van der Waals surface area contributed by atoms with Crippen LogP contribution in [0.15, 0.2) is 36.4 Å². The van der Waals surface area contributed by atoms with Crippen molar-refractivity contribution in [3.8, 4) is 16.9 Å². The molecule has 0 heterocycles. The van der Waals surface area contributed by atoms with Crippen molar-refractivity contribution in [1.29, 1.82) is 0 Å². The molecule has 2 aromatic rings. The third kappa shape index (κ3) is 2.75. The topological polar surface area (TPSA) is 43.4 Å². The predicted molar refractivity (Wildman–Crippen MR) is 102 cm³/mol. The Bertz CT molecular complexity index is 880. The second-order valence-electron chi connectivity index (χ2n) is 7.36. The minimum atomic E-state index is -0.619. The Morgan fingerprint density at radius 2 is 1.69 bits per heavy atom. The zero-order valence-corrected chi connectivity index (χ0v) is 15.7. The van der Waals surface area contributed by atoms with Gasteiger partial charge in [0.15, 0.2) is 11.6 Å². The quantitative estimate of drug-likeness (QED) is 0.718. The van der Waals surface area contributed by atoms with E-state index in [9.17, 15) is 9.59 Å². The van der Waals surface area contributed by atoms with Gasteiger partial charge in [0.25, 0.3) is 0 Å². The maximum Gasteiger partial charge on any atom is 0.150 e. The van der Waals surface area contributed by atoms with Crippen molar-refractivity contribution >= 4 is 23.2 Å². The van der Waals surface area contributed by atoms with E-state index in [-0.39, 0.29) is 23.4 Å². The summed E-state index contributed by atoms with van der Waals surface area (Å²) >= 11 is 6.17. The van der Waals surface area contributed by atoms with Crippen LogP contribution in [0.2, 0.25) is 5.02 Å². The predicted octanol–water partition coefficient (Wildman–Crippen LogP) is 4.98.